The van der Waals surface area contributed by atoms with Crippen molar-refractivity contribution in [2.75, 3.05) is 24.7 Å². The van der Waals surface area contributed by atoms with Crippen molar-refractivity contribution in [1.29, 1.82) is 0 Å². The number of amides is 1. The highest BCUT2D eigenvalue weighted by atomic mass is 32.2. The number of carbonyl (C=O) groups excluding carboxylic acids is 1. The molecular weight excluding hydrogens is 290 g/mol. The molecule has 1 saturated heterocycles. The van der Waals surface area contributed by atoms with Crippen LogP contribution in [0.3, 0.4) is 0 Å². The van der Waals surface area contributed by atoms with Crippen LogP contribution in [0.2, 0.25) is 0 Å². The monoisotopic (exact) mass is 311 g/mol. The molecule has 2 rings (SSSR count). The first kappa shape index (κ1) is 15.8. The van der Waals surface area contributed by atoms with E-state index in [1.807, 2.05) is 13.8 Å². The van der Waals surface area contributed by atoms with Crippen LogP contribution in [0.25, 0.3) is 0 Å². The first-order valence-corrected chi connectivity index (χ1v) is 9.03. The molecule has 116 valence electrons. The Bertz CT molecular complexity index is 595. The van der Waals surface area contributed by atoms with E-state index in [1.54, 1.807) is 29.2 Å². The molecule has 1 aromatic rings. The first-order chi connectivity index (χ1) is 9.96. The number of carbonyl (C=O) groups is 1. The van der Waals surface area contributed by atoms with Crippen LogP contribution in [0.15, 0.2) is 24.3 Å². The van der Waals surface area contributed by atoms with Crippen LogP contribution < -0.4 is 4.74 Å². The van der Waals surface area contributed by atoms with Gasteiger partial charge in [-0.05, 0) is 44.5 Å². The largest absolute Gasteiger partial charge is 0.494 e. The zero-order valence-electron chi connectivity index (χ0n) is 12.4. The molecule has 0 bridgehead atoms. The van der Waals surface area contributed by atoms with E-state index in [0.717, 1.165) is 5.75 Å². The van der Waals surface area contributed by atoms with E-state index in [-0.39, 0.29) is 23.5 Å². The summed E-state index contributed by atoms with van der Waals surface area (Å²) in [5.74, 6) is 0.845. The molecule has 1 aliphatic heterocycles. The van der Waals surface area contributed by atoms with Crippen molar-refractivity contribution in [3.63, 3.8) is 0 Å². The maximum Gasteiger partial charge on any atom is 0.254 e. The summed E-state index contributed by atoms with van der Waals surface area (Å²) in [4.78, 5) is 14.2. The van der Waals surface area contributed by atoms with Crippen molar-refractivity contribution in [2.45, 2.75) is 26.3 Å². The fourth-order valence-corrected chi connectivity index (χ4v) is 4.35. The van der Waals surface area contributed by atoms with E-state index in [4.69, 9.17) is 4.74 Å². The Morgan fingerprint density at radius 3 is 2.43 bits per heavy atom. The molecule has 0 spiro atoms. The van der Waals surface area contributed by atoms with E-state index >= 15 is 0 Å². The second-order valence-corrected chi connectivity index (χ2v) is 7.33. The fourth-order valence-electron chi connectivity index (χ4n) is 2.62. The van der Waals surface area contributed by atoms with Crippen molar-refractivity contribution in [2.24, 2.45) is 0 Å². The van der Waals surface area contributed by atoms with Gasteiger partial charge in [0, 0.05) is 18.2 Å². The summed E-state index contributed by atoms with van der Waals surface area (Å²) in [6.07, 6.45) is 0.527. The maximum absolute atomic E-state index is 12.5. The standard InChI is InChI=1S/C15H21NO4S/c1-3-16(13-9-10-21(18,19)11-13)15(17)12-5-7-14(8-6-12)20-4-2/h5-8,13H,3-4,9-11H2,1-2H3/t13-/m1/s1. The lowest BCUT2D eigenvalue weighted by molar-refractivity contribution is 0.0708. The minimum atomic E-state index is -2.99. The van der Waals surface area contributed by atoms with Gasteiger partial charge in [0.2, 0.25) is 0 Å². The lowest BCUT2D eigenvalue weighted by Crippen LogP contribution is -2.40. The molecule has 5 nitrogen and oxygen atoms in total. The van der Waals surface area contributed by atoms with Gasteiger partial charge in [0.15, 0.2) is 9.84 Å². The quantitative estimate of drug-likeness (QED) is 0.831. The lowest BCUT2D eigenvalue weighted by Gasteiger charge is -2.27. The summed E-state index contributed by atoms with van der Waals surface area (Å²) in [7, 11) is -2.99. The third kappa shape index (κ3) is 3.75. The molecule has 6 heteroatoms. The van der Waals surface area contributed by atoms with Gasteiger partial charge in [-0.1, -0.05) is 0 Å². The van der Waals surface area contributed by atoms with Crippen molar-refractivity contribution in [3.8, 4) is 5.75 Å². The summed E-state index contributed by atoms with van der Waals surface area (Å²) in [6.45, 7) is 4.86. The molecule has 1 fully saturated rings. The average Bonchev–Trinajstić information content (AvgIpc) is 2.81. The SMILES string of the molecule is CCOc1ccc(C(=O)N(CC)[C@@H]2CCS(=O)(=O)C2)cc1. The van der Waals surface area contributed by atoms with E-state index < -0.39 is 9.84 Å². The number of nitrogens with zero attached hydrogens (tertiary/aromatic N) is 1. The molecule has 0 aromatic heterocycles. The molecule has 1 amide bonds. The first-order valence-electron chi connectivity index (χ1n) is 7.21. The summed E-state index contributed by atoms with van der Waals surface area (Å²) >= 11 is 0. The Balaban J connectivity index is 2.13. The number of hydrogen-bond donors (Lipinski definition) is 0. The molecule has 0 saturated carbocycles. The summed E-state index contributed by atoms with van der Waals surface area (Å²) < 4.78 is 28.5. The van der Waals surface area contributed by atoms with Crippen molar-refractivity contribution in [1.82, 2.24) is 4.90 Å². The molecule has 21 heavy (non-hydrogen) atoms. The predicted molar refractivity (Wildman–Crippen MR) is 81.4 cm³/mol. The third-order valence-corrected chi connectivity index (χ3v) is 5.41. The van der Waals surface area contributed by atoms with E-state index in [1.165, 1.54) is 0 Å². The van der Waals surface area contributed by atoms with Gasteiger partial charge >= 0.3 is 0 Å². The number of rotatable bonds is 5. The maximum atomic E-state index is 12.5. The fraction of sp³-hybridized carbons (Fsp3) is 0.533. The highest BCUT2D eigenvalue weighted by Gasteiger charge is 2.34. The molecule has 1 aliphatic rings. The Labute approximate surface area is 125 Å². The molecule has 0 N–H and O–H groups in total. The molecule has 1 aromatic carbocycles. The highest BCUT2D eigenvalue weighted by molar-refractivity contribution is 7.91. The highest BCUT2D eigenvalue weighted by Crippen LogP contribution is 2.21. The Kier molecular flexibility index (Phi) is 4.88. The average molecular weight is 311 g/mol. The number of ether oxygens (including phenoxy) is 1. The normalized spacial score (nSPS) is 20.2. The van der Waals surface area contributed by atoms with Gasteiger partial charge in [-0.3, -0.25) is 4.79 Å². The minimum absolute atomic E-state index is 0.0730. The van der Waals surface area contributed by atoms with Crippen LogP contribution in [-0.2, 0) is 9.84 Å². The van der Waals surface area contributed by atoms with Crippen LogP contribution in [-0.4, -0.2) is 49.9 Å². The van der Waals surface area contributed by atoms with Crippen LogP contribution in [0.4, 0.5) is 0 Å². The van der Waals surface area contributed by atoms with Gasteiger partial charge in [-0.2, -0.15) is 0 Å². The second kappa shape index (κ2) is 6.47. The number of hydrogen-bond acceptors (Lipinski definition) is 4. The van der Waals surface area contributed by atoms with Crippen LogP contribution in [0.5, 0.6) is 5.75 Å². The molecule has 1 atom stereocenters. The van der Waals surface area contributed by atoms with Gasteiger partial charge < -0.3 is 9.64 Å². The van der Waals surface area contributed by atoms with Gasteiger partial charge in [-0.15, -0.1) is 0 Å². The lowest BCUT2D eigenvalue weighted by atomic mass is 10.1. The Morgan fingerprint density at radius 2 is 1.95 bits per heavy atom. The Morgan fingerprint density at radius 1 is 1.29 bits per heavy atom. The third-order valence-electron chi connectivity index (χ3n) is 3.66. The van der Waals surface area contributed by atoms with Crippen molar-refractivity contribution < 1.29 is 17.9 Å². The van der Waals surface area contributed by atoms with Gasteiger partial charge in [-0.25, -0.2) is 8.42 Å². The van der Waals surface area contributed by atoms with Crippen molar-refractivity contribution >= 4 is 15.7 Å². The zero-order valence-corrected chi connectivity index (χ0v) is 13.2. The van der Waals surface area contributed by atoms with Gasteiger partial charge in [0.25, 0.3) is 5.91 Å². The topological polar surface area (TPSA) is 63.7 Å². The second-order valence-electron chi connectivity index (χ2n) is 5.11. The smallest absolute Gasteiger partial charge is 0.254 e. The Hall–Kier alpha value is -1.56. The minimum Gasteiger partial charge on any atom is -0.494 e. The van der Waals surface area contributed by atoms with Crippen LogP contribution in [0, 0.1) is 0 Å². The predicted octanol–water partition coefficient (Wildman–Crippen LogP) is 1.73. The summed E-state index contributed by atoms with van der Waals surface area (Å²) in [5, 5.41) is 0. The van der Waals surface area contributed by atoms with Gasteiger partial charge in [0.05, 0.1) is 18.1 Å². The molecular formula is C15H21NO4S. The molecule has 0 aliphatic carbocycles. The van der Waals surface area contributed by atoms with E-state index in [9.17, 15) is 13.2 Å². The van der Waals surface area contributed by atoms with Crippen LogP contribution >= 0.6 is 0 Å². The molecule has 0 unspecified atom stereocenters. The number of sulfone groups is 1. The molecule has 0 radical (unpaired) electrons. The molecule has 1 heterocycles. The van der Waals surface area contributed by atoms with Crippen LogP contribution in [0.1, 0.15) is 30.6 Å². The van der Waals surface area contributed by atoms with E-state index in [2.05, 4.69) is 0 Å². The van der Waals surface area contributed by atoms with Gasteiger partial charge in [0.1, 0.15) is 5.75 Å². The van der Waals surface area contributed by atoms with Crippen molar-refractivity contribution in [3.05, 3.63) is 29.8 Å². The summed E-state index contributed by atoms with van der Waals surface area (Å²) in [5.41, 5.74) is 0.560. The van der Waals surface area contributed by atoms with E-state index in [0.29, 0.717) is 25.1 Å². The summed E-state index contributed by atoms with van der Waals surface area (Å²) in [6, 6.07) is 6.75. The zero-order chi connectivity index (χ0) is 15.5. The number of benzene rings is 1.